The van der Waals surface area contributed by atoms with Gasteiger partial charge in [-0.25, -0.2) is 0 Å². The van der Waals surface area contributed by atoms with Gasteiger partial charge in [0.05, 0.1) is 19.8 Å². The number of nitrogens with zero attached hydrogens (tertiary/aromatic N) is 1. The average molecular weight is 305 g/mol. The minimum absolute atomic E-state index is 0.249. The molecule has 1 aromatic carbocycles. The van der Waals surface area contributed by atoms with Gasteiger partial charge < -0.3 is 14.6 Å². The quantitative estimate of drug-likeness (QED) is 0.932. The highest BCUT2D eigenvalue weighted by Crippen LogP contribution is 2.49. The van der Waals surface area contributed by atoms with Crippen LogP contribution in [0.5, 0.6) is 11.5 Å². The van der Waals surface area contributed by atoms with Crippen molar-refractivity contribution in [2.24, 2.45) is 5.92 Å². The van der Waals surface area contributed by atoms with Gasteiger partial charge in [-0.1, -0.05) is 18.9 Å². The van der Waals surface area contributed by atoms with E-state index in [1.807, 2.05) is 6.07 Å². The number of methoxy groups -OCH3 is 2. The SMILES string of the molecule is COc1ccc([C@@H]2[C@H]3CCCC[C@@]3(O)CCN2C)cc1OC. The fourth-order valence-corrected chi connectivity index (χ4v) is 4.35. The molecule has 0 bridgehead atoms. The molecule has 4 nitrogen and oxygen atoms in total. The van der Waals surface area contributed by atoms with Crippen molar-refractivity contribution in [2.75, 3.05) is 27.8 Å². The molecule has 2 fully saturated rings. The van der Waals surface area contributed by atoms with E-state index >= 15 is 0 Å². The summed E-state index contributed by atoms with van der Waals surface area (Å²) >= 11 is 0. The Bertz CT molecular complexity index is 533. The van der Waals surface area contributed by atoms with Crippen LogP contribution in [0, 0.1) is 5.92 Å². The molecule has 4 heteroatoms. The van der Waals surface area contributed by atoms with Crippen molar-refractivity contribution in [2.45, 2.75) is 43.7 Å². The molecule has 2 aliphatic rings. The zero-order valence-corrected chi connectivity index (χ0v) is 13.8. The lowest BCUT2D eigenvalue weighted by Crippen LogP contribution is -2.53. The Hall–Kier alpha value is -1.26. The van der Waals surface area contributed by atoms with Crippen LogP contribution in [0.1, 0.15) is 43.7 Å². The van der Waals surface area contributed by atoms with Gasteiger partial charge in [0.25, 0.3) is 0 Å². The molecule has 3 atom stereocenters. The maximum atomic E-state index is 11.1. The Balaban J connectivity index is 1.97. The van der Waals surface area contributed by atoms with Crippen LogP contribution in [0.25, 0.3) is 0 Å². The number of ether oxygens (including phenoxy) is 2. The van der Waals surface area contributed by atoms with Crippen LogP contribution in [-0.4, -0.2) is 43.4 Å². The third kappa shape index (κ3) is 2.59. The first-order valence-corrected chi connectivity index (χ1v) is 8.23. The van der Waals surface area contributed by atoms with E-state index in [2.05, 4.69) is 24.1 Å². The van der Waals surface area contributed by atoms with Gasteiger partial charge >= 0.3 is 0 Å². The molecule has 3 rings (SSSR count). The summed E-state index contributed by atoms with van der Waals surface area (Å²) in [6, 6.07) is 6.40. The average Bonchev–Trinajstić information content (AvgIpc) is 2.54. The molecule has 22 heavy (non-hydrogen) atoms. The first-order chi connectivity index (χ1) is 10.6. The van der Waals surface area contributed by atoms with Crippen molar-refractivity contribution < 1.29 is 14.6 Å². The number of benzene rings is 1. The number of likely N-dealkylation sites (tertiary alicyclic amines) is 1. The summed E-state index contributed by atoms with van der Waals surface area (Å²) in [7, 11) is 5.49. The molecule has 0 spiro atoms. The van der Waals surface area contributed by atoms with E-state index in [4.69, 9.17) is 9.47 Å². The number of rotatable bonds is 3. The maximum Gasteiger partial charge on any atom is 0.161 e. The summed E-state index contributed by atoms with van der Waals surface area (Å²) in [4.78, 5) is 2.38. The highest BCUT2D eigenvalue weighted by molar-refractivity contribution is 5.44. The second-order valence-corrected chi connectivity index (χ2v) is 6.75. The minimum atomic E-state index is -0.497. The van der Waals surface area contributed by atoms with E-state index in [-0.39, 0.29) is 6.04 Å². The van der Waals surface area contributed by atoms with Crippen LogP contribution in [0.3, 0.4) is 0 Å². The van der Waals surface area contributed by atoms with Crippen molar-refractivity contribution in [1.29, 1.82) is 0 Å². The van der Waals surface area contributed by atoms with Crippen molar-refractivity contribution in [3.63, 3.8) is 0 Å². The molecule has 1 heterocycles. The molecule has 1 aliphatic carbocycles. The molecule has 122 valence electrons. The fraction of sp³-hybridized carbons (Fsp3) is 0.667. The zero-order chi connectivity index (χ0) is 15.7. The summed E-state index contributed by atoms with van der Waals surface area (Å²) in [5, 5.41) is 11.1. The monoisotopic (exact) mass is 305 g/mol. The smallest absolute Gasteiger partial charge is 0.161 e. The van der Waals surface area contributed by atoms with Gasteiger partial charge in [-0.3, -0.25) is 4.90 Å². The molecule has 1 aromatic rings. The van der Waals surface area contributed by atoms with E-state index in [0.29, 0.717) is 5.92 Å². The van der Waals surface area contributed by atoms with E-state index in [0.717, 1.165) is 43.7 Å². The number of aliphatic hydroxyl groups is 1. The van der Waals surface area contributed by atoms with Gasteiger partial charge in [0, 0.05) is 18.5 Å². The van der Waals surface area contributed by atoms with Gasteiger partial charge in [-0.2, -0.15) is 0 Å². The van der Waals surface area contributed by atoms with Crippen molar-refractivity contribution >= 4 is 0 Å². The third-order valence-corrected chi connectivity index (χ3v) is 5.57. The molecule has 0 amide bonds. The minimum Gasteiger partial charge on any atom is -0.493 e. The van der Waals surface area contributed by atoms with Crippen molar-refractivity contribution in [3.05, 3.63) is 23.8 Å². The highest BCUT2D eigenvalue weighted by atomic mass is 16.5. The van der Waals surface area contributed by atoms with E-state index in [1.54, 1.807) is 14.2 Å². The van der Waals surface area contributed by atoms with Crippen LogP contribution >= 0.6 is 0 Å². The Labute approximate surface area is 133 Å². The Morgan fingerprint density at radius 3 is 2.64 bits per heavy atom. The third-order valence-electron chi connectivity index (χ3n) is 5.57. The second kappa shape index (κ2) is 6.09. The normalized spacial score (nSPS) is 32.4. The van der Waals surface area contributed by atoms with Crippen molar-refractivity contribution in [1.82, 2.24) is 4.90 Å². The van der Waals surface area contributed by atoms with E-state index < -0.39 is 5.60 Å². The number of hydrogen-bond acceptors (Lipinski definition) is 4. The van der Waals surface area contributed by atoms with Gasteiger partial charge in [0.1, 0.15) is 0 Å². The highest BCUT2D eigenvalue weighted by Gasteiger charge is 2.48. The largest absolute Gasteiger partial charge is 0.493 e. The second-order valence-electron chi connectivity index (χ2n) is 6.75. The lowest BCUT2D eigenvalue weighted by molar-refractivity contribution is -0.118. The molecular weight excluding hydrogens is 278 g/mol. The molecule has 1 saturated heterocycles. The van der Waals surface area contributed by atoms with Crippen LogP contribution < -0.4 is 9.47 Å². The molecule has 0 unspecified atom stereocenters. The predicted molar refractivity (Wildman–Crippen MR) is 86.4 cm³/mol. The summed E-state index contributed by atoms with van der Waals surface area (Å²) in [6.07, 6.45) is 5.28. The Kier molecular flexibility index (Phi) is 4.33. The summed E-state index contributed by atoms with van der Waals surface area (Å²) < 4.78 is 10.8. The Morgan fingerprint density at radius 2 is 1.91 bits per heavy atom. The predicted octanol–water partition coefficient (Wildman–Crippen LogP) is 3.00. The van der Waals surface area contributed by atoms with Crippen molar-refractivity contribution in [3.8, 4) is 11.5 Å². The van der Waals surface area contributed by atoms with E-state index in [1.165, 1.54) is 12.0 Å². The zero-order valence-electron chi connectivity index (χ0n) is 13.8. The molecule has 0 aromatic heterocycles. The number of hydrogen-bond donors (Lipinski definition) is 1. The Morgan fingerprint density at radius 1 is 1.14 bits per heavy atom. The molecular formula is C18H27NO3. The first kappa shape index (κ1) is 15.6. The van der Waals surface area contributed by atoms with Crippen LogP contribution in [0.2, 0.25) is 0 Å². The summed E-state index contributed by atoms with van der Waals surface area (Å²) in [5.41, 5.74) is 0.716. The molecule has 1 N–H and O–H groups in total. The summed E-state index contributed by atoms with van der Waals surface area (Å²) in [5.74, 6) is 1.82. The lowest BCUT2D eigenvalue weighted by Gasteiger charge is -2.51. The van der Waals surface area contributed by atoms with Crippen LogP contribution in [0.15, 0.2) is 18.2 Å². The molecule has 1 aliphatic heterocycles. The summed E-state index contributed by atoms with van der Waals surface area (Å²) in [6.45, 7) is 0.937. The molecule has 1 saturated carbocycles. The lowest BCUT2D eigenvalue weighted by atomic mass is 9.66. The van der Waals surface area contributed by atoms with Gasteiger partial charge in [0.2, 0.25) is 0 Å². The van der Waals surface area contributed by atoms with Crippen LogP contribution in [-0.2, 0) is 0 Å². The first-order valence-electron chi connectivity index (χ1n) is 8.23. The number of piperidine rings is 1. The topological polar surface area (TPSA) is 41.9 Å². The van der Waals surface area contributed by atoms with Gasteiger partial charge in [-0.15, -0.1) is 0 Å². The maximum absolute atomic E-state index is 11.1. The fourth-order valence-electron chi connectivity index (χ4n) is 4.35. The van der Waals surface area contributed by atoms with E-state index in [9.17, 15) is 5.11 Å². The molecule has 0 radical (unpaired) electrons. The van der Waals surface area contributed by atoms with Gasteiger partial charge in [-0.05, 0) is 44.0 Å². The van der Waals surface area contributed by atoms with Crippen LogP contribution in [0.4, 0.5) is 0 Å². The van der Waals surface area contributed by atoms with Gasteiger partial charge in [0.15, 0.2) is 11.5 Å². The number of fused-ring (bicyclic) bond motifs is 1. The standard InChI is InChI=1S/C18H27NO3/c1-19-11-10-18(20)9-5-4-6-14(18)17(19)13-7-8-15(21-2)16(12-13)22-3/h7-8,12,14,17,20H,4-6,9-11H2,1-3H3/t14-,17-,18-/m1/s1.